The molecule has 0 spiro atoms. The van der Waals surface area contributed by atoms with Gasteiger partial charge >= 0.3 is 0 Å². The van der Waals surface area contributed by atoms with Gasteiger partial charge in [0.25, 0.3) is 11.8 Å². The number of halogens is 3. The summed E-state index contributed by atoms with van der Waals surface area (Å²) >= 11 is 15.1. The quantitative estimate of drug-likeness (QED) is 0.335. The lowest BCUT2D eigenvalue weighted by molar-refractivity contribution is -0.122. The van der Waals surface area contributed by atoms with Gasteiger partial charge in [0.05, 0.1) is 10.2 Å². The van der Waals surface area contributed by atoms with Crippen molar-refractivity contribution in [2.75, 3.05) is 4.90 Å². The first-order valence-corrected chi connectivity index (χ1v) is 9.69. The van der Waals surface area contributed by atoms with Crippen molar-refractivity contribution < 1.29 is 14.0 Å². The van der Waals surface area contributed by atoms with E-state index in [0.29, 0.717) is 20.6 Å². The van der Waals surface area contributed by atoms with Crippen molar-refractivity contribution in [1.29, 1.82) is 0 Å². The van der Waals surface area contributed by atoms with Crippen LogP contribution in [-0.2, 0) is 9.59 Å². The summed E-state index contributed by atoms with van der Waals surface area (Å²) in [5.74, 6) is -0.718. The molecule has 128 valence electrons. The monoisotopic (exact) mass is 546 g/mol. The molecular weight excluding hydrogens is 540 g/mol. The number of thiocarbonyl (C=S) groups is 1. The van der Waals surface area contributed by atoms with Crippen LogP contribution < -0.4 is 10.2 Å². The highest BCUT2D eigenvalue weighted by Gasteiger charge is 2.35. The summed E-state index contributed by atoms with van der Waals surface area (Å²) in [5, 5.41) is 2.59. The molecule has 1 saturated heterocycles. The molecule has 9 heteroatoms. The van der Waals surface area contributed by atoms with Gasteiger partial charge in [0, 0.05) is 4.47 Å². The lowest BCUT2D eigenvalue weighted by atomic mass is 10.1. The van der Waals surface area contributed by atoms with Crippen LogP contribution in [0.5, 0.6) is 0 Å². The predicted molar refractivity (Wildman–Crippen MR) is 109 cm³/mol. The fourth-order valence-electron chi connectivity index (χ4n) is 2.32. The van der Waals surface area contributed by atoms with Gasteiger partial charge in [0.1, 0.15) is 11.3 Å². The number of hydrogen-bond donors (Lipinski definition) is 1. The maximum absolute atomic E-state index is 12.9. The minimum absolute atomic E-state index is 0.0411. The molecule has 0 radical (unpaired) electrons. The van der Waals surface area contributed by atoms with Crippen LogP contribution in [0.2, 0.25) is 0 Å². The Morgan fingerprint density at radius 1 is 1.20 bits per heavy atom. The van der Waals surface area contributed by atoms with E-state index in [4.69, 9.17) is 16.6 Å². The lowest BCUT2D eigenvalue weighted by Gasteiger charge is -2.29. The number of carbonyl (C=O) groups is 2. The minimum Gasteiger partial charge on any atom is -0.449 e. The normalized spacial score (nSPS) is 16.6. The van der Waals surface area contributed by atoms with Crippen molar-refractivity contribution in [2.24, 2.45) is 0 Å². The second-order valence-corrected chi connectivity index (χ2v) is 8.04. The summed E-state index contributed by atoms with van der Waals surface area (Å²) < 4.78 is 7.46. The van der Waals surface area contributed by atoms with Gasteiger partial charge in [-0.05, 0) is 86.9 Å². The van der Waals surface area contributed by atoms with Gasteiger partial charge in [0.15, 0.2) is 9.78 Å². The summed E-state index contributed by atoms with van der Waals surface area (Å²) in [6.45, 7) is 1.86. The zero-order chi connectivity index (χ0) is 18.3. The van der Waals surface area contributed by atoms with E-state index in [-0.39, 0.29) is 10.7 Å². The molecule has 1 fully saturated rings. The van der Waals surface area contributed by atoms with Gasteiger partial charge in [-0.25, -0.2) is 0 Å². The molecule has 0 unspecified atom stereocenters. The van der Waals surface area contributed by atoms with Crippen LogP contribution in [0.3, 0.4) is 0 Å². The van der Waals surface area contributed by atoms with Crippen molar-refractivity contribution >= 4 is 88.7 Å². The predicted octanol–water partition coefficient (Wildman–Crippen LogP) is 4.71. The summed E-state index contributed by atoms with van der Waals surface area (Å²) in [7, 11) is 0. The molecule has 1 aromatic carbocycles. The van der Waals surface area contributed by atoms with E-state index in [9.17, 15) is 9.59 Å². The first kappa shape index (κ1) is 18.5. The lowest BCUT2D eigenvalue weighted by Crippen LogP contribution is -2.54. The second kappa shape index (κ2) is 7.14. The minimum atomic E-state index is -0.565. The highest BCUT2D eigenvalue weighted by molar-refractivity contribution is 9.13. The number of carbonyl (C=O) groups excluding carboxylic acids is 2. The first-order chi connectivity index (χ1) is 11.8. The van der Waals surface area contributed by atoms with Crippen molar-refractivity contribution in [3.05, 3.63) is 54.8 Å². The molecule has 25 heavy (non-hydrogen) atoms. The Morgan fingerprint density at radius 3 is 2.52 bits per heavy atom. The van der Waals surface area contributed by atoms with Crippen molar-refractivity contribution in [3.63, 3.8) is 0 Å². The first-order valence-electron chi connectivity index (χ1n) is 6.90. The number of aryl methyl sites for hydroxylation is 1. The van der Waals surface area contributed by atoms with Crippen LogP contribution >= 0.6 is 60.0 Å². The van der Waals surface area contributed by atoms with Crippen molar-refractivity contribution in [1.82, 2.24) is 5.32 Å². The average Bonchev–Trinajstić information content (AvgIpc) is 2.84. The number of furan rings is 1. The van der Waals surface area contributed by atoms with Crippen molar-refractivity contribution in [3.8, 4) is 0 Å². The molecule has 2 heterocycles. The third-order valence-electron chi connectivity index (χ3n) is 3.45. The largest absolute Gasteiger partial charge is 0.449 e. The topological polar surface area (TPSA) is 62.6 Å². The van der Waals surface area contributed by atoms with E-state index in [2.05, 4.69) is 53.1 Å². The van der Waals surface area contributed by atoms with Gasteiger partial charge in [0.2, 0.25) is 0 Å². The van der Waals surface area contributed by atoms with Crippen LogP contribution in [0.1, 0.15) is 11.3 Å². The van der Waals surface area contributed by atoms with Crippen LogP contribution in [0, 0.1) is 6.92 Å². The zero-order valence-electron chi connectivity index (χ0n) is 12.6. The Kier molecular flexibility index (Phi) is 5.29. The van der Waals surface area contributed by atoms with Crippen LogP contribution in [-0.4, -0.2) is 16.9 Å². The summed E-state index contributed by atoms with van der Waals surface area (Å²) in [6.07, 6.45) is 1.39. The van der Waals surface area contributed by atoms with Gasteiger partial charge in [-0.1, -0.05) is 15.9 Å². The molecule has 2 amide bonds. The molecule has 0 atom stereocenters. The number of nitrogens with zero attached hydrogens (tertiary/aromatic N) is 1. The van der Waals surface area contributed by atoms with E-state index in [0.717, 1.165) is 10.0 Å². The number of benzene rings is 1. The van der Waals surface area contributed by atoms with Crippen LogP contribution in [0.25, 0.3) is 6.08 Å². The number of hydrogen-bond acceptors (Lipinski definition) is 4. The molecule has 5 nitrogen and oxygen atoms in total. The average molecular weight is 549 g/mol. The van der Waals surface area contributed by atoms with E-state index >= 15 is 0 Å². The number of anilines is 1. The van der Waals surface area contributed by atoms with Gasteiger partial charge in [-0.2, -0.15) is 0 Å². The summed E-state index contributed by atoms with van der Waals surface area (Å²) in [6, 6.07) is 7.09. The SMILES string of the molecule is Cc1cc(Br)ccc1N1C(=O)/C(=C/c2cc(Br)c(Br)o2)C(=O)NC1=S. The highest BCUT2D eigenvalue weighted by Crippen LogP contribution is 2.30. The fourth-order valence-corrected chi connectivity index (χ4v) is 3.68. The number of nitrogens with one attached hydrogen (secondary N) is 1. The Hall–Kier alpha value is -1.29. The Morgan fingerprint density at radius 2 is 1.92 bits per heavy atom. The van der Waals surface area contributed by atoms with Gasteiger partial charge < -0.3 is 4.42 Å². The van der Waals surface area contributed by atoms with E-state index in [1.54, 1.807) is 18.2 Å². The Bertz CT molecular complexity index is 933. The molecule has 2 aromatic rings. The molecule has 0 aliphatic carbocycles. The summed E-state index contributed by atoms with van der Waals surface area (Å²) in [5.41, 5.74) is 1.37. The molecule has 3 rings (SSSR count). The van der Waals surface area contributed by atoms with Crippen molar-refractivity contribution in [2.45, 2.75) is 6.92 Å². The Balaban J connectivity index is 2.05. The Labute approximate surface area is 173 Å². The molecule has 1 N–H and O–H groups in total. The standard InChI is InChI=1S/C16H9Br3N2O3S/c1-7-4-8(17)2-3-12(7)21-15(23)10(14(22)20-16(21)25)5-9-6-11(18)13(19)24-9/h2-6H,1H3,(H,20,22,25)/b10-5+. The molecule has 1 aromatic heterocycles. The number of rotatable bonds is 2. The summed E-state index contributed by atoms with van der Waals surface area (Å²) in [4.78, 5) is 26.5. The maximum Gasteiger partial charge on any atom is 0.270 e. The number of amides is 2. The van der Waals surface area contributed by atoms with E-state index in [1.807, 2.05) is 13.0 Å². The molecule has 1 aliphatic rings. The maximum atomic E-state index is 12.9. The molecular formula is C16H9Br3N2O3S. The van der Waals surface area contributed by atoms with Crippen LogP contribution in [0.15, 0.2) is 47.9 Å². The van der Waals surface area contributed by atoms with E-state index < -0.39 is 11.8 Å². The third kappa shape index (κ3) is 3.64. The second-order valence-electron chi connectivity index (χ2n) is 5.16. The smallest absolute Gasteiger partial charge is 0.270 e. The highest BCUT2D eigenvalue weighted by atomic mass is 79.9. The van der Waals surface area contributed by atoms with E-state index in [1.165, 1.54) is 11.0 Å². The molecule has 0 saturated carbocycles. The fraction of sp³-hybridized carbons (Fsp3) is 0.0625. The molecule has 1 aliphatic heterocycles. The third-order valence-corrected chi connectivity index (χ3v) is 5.94. The molecule has 0 bridgehead atoms. The van der Waals surface area contributed by atoms with Gasteiger partial charge in [-0.15, -0.1) is 0 Å². The zero-order valence-corrected chi connectivity index (χ0v) is 18.2. The van der Waals surface area contributed by atoms with Gasteiger partial charge in [-0.3, -0.25) is 19.8 Å². The van der Waals surface area contributed by atoms with Crippen LogP contribution in [0.4, 0.5) is 5.69 Å².